The average Bonchev–Trinajstić information content (AvgIpc) is 3.18. The summed E-state index contributed by atoms with van der Waals surface area (Å²) in [6.45, 7) is 4.52. The quantitative estimate of drug-likeness (QED) is 0.618. The van der Waals surface area contributed by atoms with Crippen LogP contribution in [0.25, 0.3) is 10.8 Å². The second kappa shape index (κ2) is 5.30. The number of fused-ring (bicyclic) bond motifs is 6. The van der Waals surface area contributed by atoms with Crippen LogP contribution >= 0.6 is 0 Å². The molecule has 1 heteroatoms. The van der Waals surface area contributed by atoms with Crippen molar-refractivity contribution in [2.75, 3.05) is 0 Å². The summed E-state index contributed by atoms with van der Waals surface area (Å²) in [5, 5.41) is 2.54. The molecule has 5 rings (SSSR count). The van der Waals surface area contributed by atoms with Gasteiger partial charge in [0.25, 0.3) is 0 Å². The molecule has 1 saturated carbocycles. The van der Waals surface area contributed by atoms with E-state index in [1.807, 2.05) is 0 Å². The Morgan fingerprint density at radius 3 is 2.76 bits per heavy atom. The molecule has 1 nitrogen and oxygen atoms in total. The molecule has 2 aromatic rings. The third kappa shape index (κ3) is 2.25. The number of Topliss-reactive ketones (excluding diaryl/α,β-unsaturated/α-hetero) is 1. The molecule has 0 radical (unpaired) electrons. The fourth-order valence-electron chi connectivity index (χ4n) is 5.71. The van der Waals surface area contributed by atoms with Crippen LogP contribution in [0.1, 0.15) is 67.4 Å². The molecule has 2 aromatic carbocycles. The van der Waals surface area contributed by atoms with Gasteiger partial charge in [0.15, 0.2) is 5.78 Å². The van der Waals surface area contributed by atoms with Crippen molar-refractivity contribution in [1.82, 2.24) is 0 Å². The van der Waals surface area contributed by atoms with Crippen LogP contribution in [-0.4, -0.2) is 5.78 Å². The number of ketones is 1. The van der Waals surface area contributed by atoms with Crippen LogP contribution in [0.15, 0.2) is 42.0 Å². The van der Waals surface area contributed by atoms with Crippen molar-refractivity contribution >= 4 is 16.6 Å². The maximum Gasteiger partial charge on any atom is 0.163 e. The molecular weight excluding hydrogens is 304 g/mol. The van der Waals surface area contributed by atoms with Crippen molar-refractivity contribution in [3.63, 3.8) is 0 Å². The van der Waals surface area contributed by atoms with E-state index in [4.69, 9.17) is 0 Å². The summed E-state index contributed by atoms with van der Waals surface area (Å²) >= 11 is 0. The van der Waals surface area contributed by atoms with E-state index in [0.717, 1.165) is 30.7 Å². The number of hydrogen-bond donors (Lipinski definition) is 0. The molecular formula is C24H26O. The Labute approximate surface area is 150 Å². The molecule has 3 aliphatic rings. The van der Waals surface area contributed by atoms with Crippen molar-refractivity contribution in [3.8, 4) is 0 Å². The lowest BCUT2D eigenvalue weighted by Gasteiger charge is -2.41. The Morgan fingerprint density at radius 2 is 2.04 bits per heavy atom. The zero-order valence-electron chi connectivity index (χ0n) is 15.3. The Hall–Kier alpha value is -1.89. The van der Waals surface area contributed by atoms with Gasteiger partial charge in [-0.15, -0.1) is 0 Å². The van der Waals surface area contributed by atoms with Crippen molar-refractivity contribution in [2.24, 2.45) is 11.8 Å². The van der Waals surface area contributed by atoms with Gasteiger partial charge in [-0.2, -0.15) is 0 Å². The predicted molar refractivity (Wildman–Crippen MR) is 103 cm³/mol. The summed E-state index contributed by atoms with van der Waals surface area (Å²) in [6.07, 6.45) is 9.00. The van der Waals surface area contributed by atoms with Crippen LogP contribution in [0, 0.1) is 11.8 Å². The molecule has 0 saturated heterocycles. The van der Waals surface area contributed by atoms with Crippen molar-refractivity contribution in [3.05, 3.63) is 58.7 Å². The second-order valence-electron chi connectivity index (χ2n) is 8.93. The Morgan fingerprint density at radius 1 is 1.16 bits per heavy atom. The Bertz CT molecular complexity index is 917. The van der Waals surface area contributed by atoms with E-state index in [0.29, 0.717) is 11.7 Å². The van der Waals surface area contributed by atoms with Gasteiger partial charge in [-0.3, -0.25) is 4.79 Å². The van der Waals surface area contributed by atoms with Crippen LogP contribution in [-0.2, 0) is 11.8 Å². The van der Waals surface area contributed by atoms with Gasteiger partial charge in [-0.1, -0.05) is 43.7 Å². The third-order valence-electron chi connectivity index (χ3n) is 6.84. The molecule has 128 valence electrons. The van der Waals surface area contributed by atoms with Gasteiger partial charge >= 0.3 is 0 Å². The summed E-state index contributed by atoms with van der Waals surface area (Å²) in [4.78, 5) is 12.7. The molecule has 0 amide bonds. The normalized spacial score (nSPS) is 27.4. The minimum atomic E-state index is 0.248. The van der Waals surface area contributed by atoms with Gasteiger partial charge in [0.1, 0.15) is 0 Å². The average molecular weight is 330 g/mol. The smallest absolute Gasteiger partial charge is 0.163 e. The lowest BCUT2D eigenvalue weighted by Crippen LogP contribution is -2.37. The molecule has 0 aromatic heterocycles. The van der Waals surface area contributed by atoms with E-state index in [1.54, 1.807) is 5.57 Å². The van der Waals surface area contributed by atoms with E-state index >= 15 is 0 Å². The van der Waals surface area contributed by atoms with E-state index in [-0.39, 0.29) is 5.41 Å². The highest BCUT2D eigenvalue weighted by Gasteiger charge is 2.51. The molecule has 1 fully saturated rings. The van der Waals surface area contributed by atoms with Crippen molar-refractivity contribution in [1.29, 1.82) is 0 Å². The fraction of sp³-hybridized carbons (Fsp3) is 0.458. The Kier molecular flexibility index (Phi) is 3.26. The van der Waals surface area contributed by atoms with E-state index < -0.39 is 0 Å². The summed E-state index contributed by atoms with van der Waals surface area (Å²) in [5.74, 6) is 1.74. The molecule has 1 spiro atoms. The van der Waals surface area contributed by atoms with Gasteiger partial charge < -0.3 is 0 Å². The number of rotatable bonds is 2. The third-order valence-corrected chi connectivity index (χ3v) is 6.84. The van der Waals surface area contributed by atoms with Crippen molar-refractivity contribution in [2.45, 2.75) is 57.8 Å². The molecule has 0 heterocycles. The fourth-order valence-corrected chi connectivity index (χ4v) is 5.71. The number of hydrogen-bond acceptors (Lipinski definition) is 1. The van der Waals surface area contributed by atoms with Crippen LogP contribution < -0.4 is 0 Å². The number of carbonyl (C=O) groups is 1. The zero-order chi connectivity index (χ0) is 17.2. The molecule has 2 bridgehead atoms. The standard InChI is InChI=1S/C24H26O/c1-15(2)9-16-3-5-18-13-22-21(12-19(18)10-16)23(25)7-8-24(22)14-17-4-6-20(24)11-17/h3-5,10,12-13,15,20H,6-9,11,14H2,1-2H3. The molecule has 2 atom stereocenters. The topological polar surface area (TPSA) is 17.1 Å². The molecule has 0 N–H and O–H groups in total. The van der Waals surface area contributed by atoms with E-state index in [2.05, 4.69) is 50.3 Å². The summed E-state index contributed by atoms with van der Waals surface area (Å²) < 4.78 is 0. The molecule has 25 heavy (non-hydrogen) atoms. The highest BCUT2D eigenvalue weighted by atomic mass is 16.1. The first-order valence-electron chi connectivity index (χ1n) is 9.83. The van der Waals surface area contributed by atoms with Gasteiger partial charge in [0.05, 0.1) is 0 Å². The highest BCUT2D eigenvalue weighted by molar-refractivity contribution is 6.03. The maximum absolute atomic E-state index is 12.7. The van der Waals surface area contributed by atoms with Crippen LogP contribution in [0.4, 0.5) is 0 Å². The highest BCUT2D eigenvalue weighted by Crippen LogP contribution is 2.58. The SMILES string of the molecule is CC(C)Cc1ccc2cc3c(cc2c1)C(=O)CCC31CC2=CCC1C2. The first kappa shape index (κ1) is 15.4. The van der Waals surface area contributed by atoms with E-state index in [1.165, 1.54) is 41.2 Å². The van der Waals surface area contributed by atoms with Gasteiger partial charge in [0.2, 0.25) is 0 Å². The van der Waals surface area contributed by atoms with Crippen LogP contribution in [0.2, 0.25) is 0 Å². The molecule has 3 aliphatic carbocycles. The van der Waals surface area contributed by atoms with Crippen LogP contribution in [0.3, 0.4) is 0 Å². The lowest BCUT2D eigenvalue weighted by molar-refractivity contribution is 0.0940. The number of benzene rings is 2. The lowest BCUT2D eigenvalue weighted by atomic mass is 9.62. The largest absolute Gasteiger partial charge is 0.294 e. The van der Waals surface area contributed by atoms with Crippen molar-refractivity contribution < 1.29 is 4.79 Å². The van der Waals surface area contributed by atoms with Gasteiger partial charge in [0, 0.05) is 17.4 Å². The van der Waals surface area contributed by atoms with E-state index in [9.17, 15) is 4.79 Å². The number of allylic oxidation sites excluding steroid dienone is 2. The molecule has 2 unspecified atom stereocenters. The minimum Gasteiger partial charge on any atom is -0.294 e. The Balaban J connectivity index is 1.67. The summed E-state index contributed by atoms with van der Waals surface area (Å²) in [5.41, 5.74) is 5.65. The second-order valence-corrected chi connectivity index (χ2v) is 8.93. The molecule has 0 aliphatic heterocycles. The summed E-state index contributed by atoms with van der Waals surface area (Å²) in [7, 11) is 0. The first-order chi connectivity index (χ1) is 12.0. The minimum absolute atomic E-state index is 0.248. The van der Waals surface area contributed by atoms with Crippen LogP contribution in [0.5, 0.6) is 0 Å². The summed E-state index contributed by atoms with van der Waals surface area (Å²) in [6, 6.07) is 11.4. The number of carbonyl (C=O) groups excluding carboxylic acids is 1. The van der Waals surface area contributed by atoms with Gasteiger partial charge in [-0.05, 0) is 78.0 Å². The maximum atomic E-state index is 12.7. The first-order valence-corrected chi connectivity index (χ1v) is 9.83. The monoisotopic (exact) mass is 330 g/mol. The van der Waals surface area contributed by atoms with Gasteiger partial charge in [-0.25, -0.2) is 0 Å². The zero-order valence-corrected chi connectivity index (χ0v) is 15.3. The predicted octanol–water partition coefficient (Wildman–Crippen LogP) is 5.99.